The molecule has 0 unspecified atom stereocenters. The molecule has 1 aliphatic rings. The summed E-state index contributed by atoms with van der Waals surface area (Å²) in [4.78, 5) is 24.4. The number of nitrogens with two attached hydrogens (primary N) is 1. The minimum Gasteiger partial charge on any atom is -0.351 e. The normalized spacial score (nSPS) is 14.6. The average molecular weight is 284 g/mol. The molecule has 21 heavy (non-hydrogen) atoms. The van der Waals surface area contributed by atoms with Gasteiger partial charge in [-0.05, 0) is 36.4 Å². The highest BCUT2D eigenvalue weighted by Gasteiger charge is 2.30. The van der Waals surface area contributed by atoms with E-state index in [-0.39, 0.29) is 11.9 Å². The number of rotatable bonds is 3. The molecule has 0 saturated carbocycles. The van der Waals surface area contributed by atoms with Crippen LogP contribution in [0.15, 0.2) is 48.8 Å². The number of likely N-dealkylation sites (tertiary alicyclic amines) is 1. The zero-order chi connectivity index (χ0) is 14.8. The molecule has 1 aromatic heterocycles. The van der Waals surface area contributed by atoms with Gasteiger partial charge in [0.1, 0.15) is 0 Å². The molecule has 108 valence electrons. The highest BCUT2D eigenvalue weighted by Crippen LogP contribution is 2.12. The van der Waals surface area contributed by atoms with Crippen LogP contribution in [0.2, 0.25) is 0 Å². The van der Waals surface area contributed by atoms with E-state index >= 15 is 0 Å². The Hall–Kier alpha value is -2.76. The Morgan fingerprint density at radius 1 is 1.10 bits per heavy atom. The maximum atomic E-state index is 12.1. The van der Waals surface area contributed by atoms with E-state index in [0.717, 1.165) is 5.69 Å². The van der Waals surface area contributed by atoms with Crippen LogP contribution in [0.4, 0.5) is 4.79 Å². The number of aromatic nitrogens is 1. The van der Waals surface area contributed by atoms with E-state index in [1.54, 1.807) is 12.1 Å². The van der Waals surface area contributed by atoms with E-state index in [0.29, 0.717) is 18.7 Å². The van der Waals surface area contributed by atoms with Gasteiger partial charge in [-0.15, -0.1) is 0 Å². The van der Waals surface area contributed by atoms with E-state index in [1.807, 2.05) is 41.2 Å². The highest BCUT2D eigenvalue weighted by molar-refractivity contribution is 5.94. The molecule has 0 spiro atoms. The fourth-order valence-electron chi connectivity index (χ4n) is 2.31. The second-order valence-corrected chi connectivity index (χ2v) is 5.05. The SMILES string of the molecule is NC(=O)N1CC(NC(=O)c2ccc(-n3cccc3)cc2)C1. The number of hydrogen-bond acceptors (Lipinski definition) is 2. The highest BCUT2D eigenvalue weighted by atomic mass is 16.2. The number of benzene rings is 1. The Morgan fingerprint density at radius 2 is 1.71 bits per heavy atom. The molecule has 1 saturated heterocycles. The average Bonchev–Trinajstić information content (AvgIpc) is 2.96. The van der Waals surface area contributed by atoms with Crippen LogP contribution in [0.1, 0.15) is 10.4 Å². The molecule has 2 heterocycles. The maximum absolute atomic E-state index is 12.1. The molecule has 0 atom stereocenters. The van der Waals surface area contributed by atoms with Crippen LogP contribution in [0, 0.1) is 0 Å². The number of carbonyl (C=O) groups is 2. The standard InChI is InChI=1S/C15H16N4O2/c16-15(21)19-9-12(10-19)17-14(20)11-3-5-13(6-4-11)18-7-1-2-8-18/h1-8,12H,9-10H2,(H2,16,21)(H,17,20). The van der Waals surface area contributed by atoms with Gasteiger partial charge in [-0.1, -0.05) is 0 Å². The molecule has 2 aromatic rings. The third kappa shape index (κ3) is 2.74. The van der Waals surface area contributed by atoms with Gasteiger partial charge >= 0.3 is 6.03 Å². The van der Waals surface area contributed by atoms with E-state index in [4.69, 9.17) is 5.73 Å². The zero-order valence-corrected chi connectivity index (χ0v) is 11.4. The van der Waals surface area contributed by atoms with Gasteiger partial charge in [0, 0.05) is 36.7 Å². The second-order valence-electron chi connectivity index (χ2n) is 5.05. The van der Waals surface area contributed by atoms with Gasteiger partial charge in [0.25, 0.3) is 5.91 Å². The largest absolute Gasteiger partial charge is 0.351 e. The van der Waals surface area contributed by atoms with E-state index in [9.17, 15) is 9.59 Å². The van der Waals surface area contributed by atoms with Gasteiger partial charge in [0.2, 0.25) is 0 Å². The molecule has 3 N–H and O–H groups in total. The fraction of sp³-hybridized carbons (Fsp3) is 0.200. The number of nitrogens with zero attached hydrogens (tertiary/aromatic N) is 2. The van der Waals surface area contributed by atoms with Crippen LogP contribution in [0.5, 0.6) is 0 Å². The zero-order valence-electron chi connectivity index (χ0n) is 11.4. The molecule has 3 rings (SSSR count). The van der Waals surface area contributed by atoms with Crippen LogP contribution in [-0.4, -0.2) is 40.5 Å². The van der Waals surface area contributed by atoms with E-state index < -0.39 is 6.03 Å². The number of urea groups is 1. The third-order valence-electron chi connectivity index (χ3n) is 3.56. The Bertz CT molecular complexity index is 643. The van der Waals surface area contributed by atoms with Gasteiger partial charge in [0.05, 0.1) is 6.04 Å². The van der Waals surface area contributed by atoms with Crippen molar-refractivity contribution in [2.24, 2.45) is 5.73 Å². The first-order valence-corrected chi connectivity index (χ1v) is 6.72. The minimum atomic E-state index is -0.448. The number of carbonyl (C=O) groups excluding carboxylic acids is 2. The molecule has 0 bridgehead atoms. The first kappa shape index (κ1) is 13.2. The number of amides is 3. The van der Waals surface area contributed by atoms with Gasteiger partial charge in [-0.25, -0.2) is 4.79 Å². The predicted molar refractivity (Wildman–Crippen MR) is 78.2 cm³/mol. The topological polar surface area (TPSA) is 80.4 Å². The maximum Gasteiger partial charge on any atom is 0.314 e. The van der Waals surface area contributed by atoms with Crippen LogP contribution < -0.4 is 11.1 Å². The molecular weight excluding hydrogens is 268 g/mol. The first-order valence-electron chi connectivity index (χ1n) is 6.72. The van der Waals surface area contributed by atoms with Crippen molar-refractivity contribution in [2.45, 2.75) is 6.04 Å². The summed E-state index contributed by atoms with van der Waals surface area (Å²) < 4.78 is 1.97. The van der Waals surface area contributed by atoms with Crippen molar-refractivity contribution in [3.05, 3.63) is 54.4 Å². The molecule has 0 radical (unpaired) electrons. The van der Waals surface area contributed by atoms with Gasteiger partial charge in [0.15, 0.2) is 0 Å². The summed E-state index contributed by atoms with van der Waals surface area (Å²) in [6.45, 7) is 0.949. The fourth-order valence-corrected chi connectivity index (χ4v) is 2.31. The number of hydrogen-bond donors (Lipinski definition) is 2. The molecule has 1 fully saturated rings. The number of primary amides is 1. The van der Waals surface area contributed by atoms with Crippen molar-refractivity contribution in [2.75, 3.05) is 13.1 Å². The minimum absolute atomic E-state index is 0.0193. The molecule has 1 aliphatic heterocycles. The van der Waals surface area contributed by atoms with E-state index in [1.165, 1.54) is 4.90 Å². The molecular formula is C15H16N4O2. The summed E-state index contributed by atoms with van der Waals surface area (Å²) in [7, 11) is 0. The van der Waals surface area contributed by atoms with Crippen LogP contribution in [-0.2, 0) is 0 Å². The third-order valence-corrected chi connectivity index (χ3v) is 3.56. The van der Waals surface area contributed by atoms with Crippen molar-refractivity contribution >= 4 is 11.9 Å². The van der Waals surface area contributed by atoms with Crippen molar-refractivity contribution in [1.82, 2.24) is 14.8 Å². The lowest BCUT2D eigenvalue weighted by Crippen LogP contribution is -2.62. The van der Waals surface area contributed by atoms with Crippen LogP contribution in [0.25, 0.3) is 5.69 Å². The smallest absolute Gasteiger partial charge is 0.314 e. The van der Waals surface area contributed by atoms with Gasteiger partial charge in [-0.3, -0.25) is 4.79 Å². The summed E-state index contributed by atoms with van der Waals surface area (Å²) in [5.74, 6) is -0.136. The summed E-state index contributed by atoms with van der Waals surface area (Å²) in [6, 6.07) is 10.8. The Balaban J connectivity index is 1.60. The second kappa shape index (κ2) is 5.32. The summed E-state index contributed by atoms with van der Waals surface area (Å²) in [5.41, 5.74) is 6.74. The lowest BCUT2D eigenvalue weighted by molar-refractivity contribution is 0.0861. The lowest BCUT2D eigenvalue weighted by atomic mass is 10.1. The molecule has 3 amide bonds. The Labute approximate surface area is 122 Å². The monoisotopic (exact) mass is 284 g/mol. The quantitative estimate of drug-likeness (QED) is 0.880. The Kier molecular flexibility index (Phi) is 3.35. The summed E-state index contributed by atoms with van der Waals surface area (Å²) in [5, 5.41) is 2.88. The van der Waals surface area contributed by atoms with Crippen molar-refractivity contribution < 1.29 is 9.59 Å². The first-order chi connectivity index (χ1) is 10.1. The summed E-state index contributed by atoms with van der Waals surface area (Å²) >= 11 is 0. The number of nitrogens with one attached hydrogen (secondary N) is 1. The van der Waals surface area contributed by atoms with E-state index in [2.05, 4.69) is 5.32 Å². The van der Waals surface area contributed by atoms with Crippen LogP contribution in [0.3, 0.4) is 0 Å². The molecule has 6 nitrogen and oxygen atoms in total. The molecule has 6 heteroatoms. The van der Waals surface area contributed by atoms with Gasteiger partial charge < -0.3 is 20.5 Å². The van der Waals surface area contributed by atoms with Crippen molar-refractivity contribution in [3.63, 3.8) is 0 Å². The van der Waals surface area contributed by atoms with Gasteiger partial charge in [-0.2, -0.15) is 0 Å². The predicted octanol–water partition coefficient (Wildman–Crippen LogP) is 0.970. The molecule has 1 aromatic carbocycles. The van der Waals surface area contributed by atoms with Crippen molar-refractivity contribution in [1.29, 1.82) is 0 Å². The lowest BCUT2D eigenvalue weighted by Gasteiger charge is -2.38. The molecule has 0 aliphatic carbocycles. The van der Waals surface area contributed by atoms with Crippen LogP contribution >= 0.6 is 0 Å². The van der Waals surface area contributed by atoms with Crippen molar-refractivity contribution in [3.8, 4) is 5.69 Å². The Morgan fingerprint density at radius 3 is 2.29 bits per heavy atom. The summed E-state index contributed by atoms with van der Waals surface area (Å²) in [6.07, 6.45) is 3.89.